The lowest BCUT2D eigenvalue weighted by Crippen LogP contribution is -2.31. The number of benzene rings is 2. The molecule has 0 saturated carbocycles. The Morgan fingerprint density at radius 2 is 2.09 bits per heavy atom. The van der Waals surface area contributed by atoms with E-state index in [-0.39, 0.29) is 11.0 Å². The normalized spacial score (nSPS) is 18.5. The summed E-state index contributed by atoms with van der Waals surface area (Å²) in [5, 5.41) is 5.34. The molecule has 1 unspecified atom stereocenters. The predicted molar refractivity (Wildman–Crippen MR) is 102 cm³/mol. The highest BCUT2D eigenvalue weighted by Gasteiger charge is 2.27. The van der Waals surface area contributed by atoms with E-state index >= 15 is 0 Å². The predicted octanol–water partition coefficient (Wildman–Crippen LogP) is 3.84. The van der Waals surface area contributed by atoms with E-state index in [1.54, 1.807) is 0 Å². The van der Waals surface area contributed by atoms with Gasteiger partial charge in [0.15, 0.2) is 5.11 Å². The van der Waals surface area contributed by atoms with E-state index in [2.05, 4.69) is 34.8 Å². The number of halogens is 1. The molecule has 0 spiro atoms. The maximum atomic E-state index is 6.18. The van der Waals surface area contributed by atoms with Crippen molar-refractivity contribution in [2.45, 2.75) is 11.3 Å². The van der Waals surface area contributed by atoms with E-state index < -0.39 is 0 Å². The summed E-state index contributed by atoms with van der Waals surface area (Å²) in [5.41, 5.74) is 11.6. The minimum Gasteiger partial charge on any atom is -0.375 e. The molecule has 0 fully saturated rings. The van der Waals surface area contributed by atoms with E-state index in [1.165, 1.54) is 10.5 Å². The Balaban J connectivity index is 1.95. The van der Waals surface area contributed by atoms with Crippen LogP contribution < -0.4 is 11.2 Å². The summed E-state index contributed by atoms with van der Waals surface area (Å²) >= 11 is 12.9. The van der Waals surface area contributed by atoms with Crippen molar-refractivity contribution in [3.63, 3.8) is 0 Å². The van der Waals surface area contributed by atoms with Gasteiger partial charge in [0.25, 0.3) is 0 Å². The van der Waals surface area contributed by atoms with Crippen molar-refractivity contribution in [1.29, 1.82) is 0 Å². The highest BCUT2D eigenvalue weighted by Crippen LogP contribution is 2.36. The molecule has 0 aromatic heterocycles. The Morgan fingerprint density at radius 3 is 2.83 bits per heavy atom. The zero-order valence-corrected chi connectivity index (χ0v) is 14.7. The van der Waals surface area contributed by atoms with Crippen LogP contribution in [0, 0.1) is 5.92 Å². The van der Waals surface area contributed by atoms with E-state index in [0.29, 0.717) is 5.02 Å². The molecule has 0 saturated heterocycles. The number of thiocarbonyl (C=S) groups is 1. The molecule has 2 aromatic carbocycles. The van der Waals surface area contributed by atoms with E-state index in [1.807, 2.05) is 36.0 Å². The number of nitrogens with one attached hydrogen (secondary N) is 1. The van der Waals surface area contributed by atoms with Crippen molar-refractivity contribution in [2.75, 3.05) is 5.75 Å². The van der Waals surface area contributed by atoms with Crippen LogP contribution in [-0.2, 0) is 6.42 Å². The molecule has 2 aromatic rings. The fraction of sp³-hybridized carbons (Fsp3) is 0.176. The maximum Gasteiger partial charge on any atom is 0.184 e. The fourth-order valence-corrected chi connectivity index (χ4v) is 4.00. The molecule has 3 nitrogen and oxygen atoms in total. The van der Waals surface area contributed by atoms with Crippen molar-refractivity contribution >= 4 is 46.4 Å². The lowest BCUT2D eigenvalue weighted by molar-refractivity contribution is 0.761. The van der Waals surface area contributed by atoms with Gasteiger partial charge in [-0.3, -0.25) is 5.43 Å². The first kappa shape index (κ1) is 16.3. The fourth-order valence-electron chi connectivity index (χ4n) is 2.64. The summed E-state index contributed by atoms with van der Waals surface area (Å²) in [7, 11) is 0. The quantitative estimate of drug-likeness (QED) is 0.644. The topological polar surface area (TPSA) is 50.4 Å². The molecule has 3 rings (SSSR count). The average molecular weight is 362 g/mol. The minimum atomic E-state index is 0.165. The zero-order valence-electron chi connectivity index (χ0n) is 12.3. The molecule has 0 bridgehead atoms. The van der Waals surface area contributed by atoms with Crippen molar-refractivity contribution in [3.05, 3.63) is 64.7 Å². The molecule has 0 radical (unpaired) electrons. The van der Waals surface area contributed by atoms with Crippen LogP contribution in [0.2, 0.25) is 5.02 Å². The largest absolute Gasteiger partial charge is 0.375 e. The average Bonchev–Trinajstić information content (AvgIpc) is 2.54. The second-order valence-electron chi connectivity index (χ2n) is 5.31. The van der Waals surface area contributed by atoms with Crippen LogP contribution in [0.3, 0.4) is 0 Å². The van der Waals surface area contributed by atoms with Gasteiger partial charge in [-0.1, -0.05) is 41.9 Å². The van der Waals surface area contributed by atoms with Crippen molar-refractivity contribution < 1.29 is 0 Å². The Morgan fingerprint density at radius 1 is 1.30 bits per heavy atom. The molecule has 3 N–H and O–H groups in total. The first-order valence-corrected chi connectivity index (χ1v) is 9.00. The number of thioether (sulfide) groups is 1. The smallest absolute Gasteiger partial charge is 0.184 e. The summed E-state index contributed by atoms with van der Waals surface area (Å²) in [5.74, 6) is 1.23. The Labute approximate surface area is 150 Å². The summed E-state index contributed by atoms with van der Waals surface area (Å²) in [4.78, 5) is 1.18. The summed E-state index contributed by atoms with van der Waals surface area (Å²) in [6, 6.07) is 16.3. The lowest BCUT2D eigenvalue weighted by atomic mass is 9.91. The van der Waals surface area contributed by atoms with Crippen LogP contribution in [0.5, 0.6) is 0 Å². The molecule has 118 valence electrons. The lowest BCUT2D eigenvalue weighted by Gasteiger charge is -2.26. The molecule has 6 heteroatoms. The summed E-state index contributed by atoms with van der Waals surface area (Å²) < 4.78 is 0. The van der Waals surface area contributed by atoms with Gasteiger partial charge in [0.1, 0.15) is 0 Å². The van der Waals surface area contributed by atoms with Crippen LogP contribution in [0.15, 0.2) is 58.5 Å². The molecule has 1 aliphatic rings. The van der Waals surface area contributed by atoms with Crippen LogP contribution in [0.25, 0.3) is 0 Å². The molecular weight excluding hydrogens is 346 g/mol. The number of hydrazone groups is 1. The summed E-state index contributed by atoms with van der Waals surface area (Å²) in [6.45, 7) is 0. The molecule has 0 amide bonds. The van der Waals surface area contributed by atoms with E-state index in [0.717, 1.165) is 23.4 Å². The van der Waals surface area contributed by atoms with Gasteiger partial charge >= 0.3 is 0 Å². The maximum absolute atomic E-state index is 6.18. The van der Waals surface area contributed by atoms with E-state index in [9.17, 15) is 0 Å². The SMILES string of the molecule is NC(=S)NN=C1c2cc(Cl)ccc2SCC1Cc1ccccc1. The molecule has 1 heterocycles. The third kappa shape index (κ3) is 4.05. The second kappa shape index (κ2) is 7.34. The van der Waals surface area contributed by atoms with Gasteiger partial charge in [0, 0.05) is 27.2 Å². The highest BCUT2D eigenvalue weighted by atomic mass is 35.5. The van der Waals surface area contributed by atoms with Gasteiger partial charge in [-0.15, -0.1) is 11.8 Å². The first-order chi connectivity index (χ1) is 11.1. The molecular formula is C17H16ClN3S2. The van der Waals surface area contributed by atoms with Gasteiger partial charge in [-0.05, 0) is 42.4 Å². The Bertz CT molecular complexity index is 747. The van der Waals surface area contributed by atoms with Crippen LogP contribution in [-0.4, -0.2) is 16.6 Å². The van der Waals surface area contributed by atoms with Gasteiger partial charge in [-0.2, -0.15) is 5.10 Å². The third-order valence-electron chi connectivity index (χ3n) is 3.66. The highest BCUT2D eigenvalue weighted by molar-refractivity contribution is 7.99. The van der Waals surface area contributed by atoms with Crippen LogP contribution >= 0.6 is 35.6 Å². The monoisotopic (exact) mass is 361 g/mol. The summed E-state index contributed by atoms with van der Waals surface area (Å²) in [6.07, 6.45) is 0.914. The minimum absolute atomic E-state index is 0.165. The number of fused-ring (bicyclic) bond motifs is 1. The first-order valence-electron chi connectivity index (χ1n) is 7.23. The number of rotatable bonds is 3. The van der Waals surface area contributed by atoms with E-state index in [4.69, 9.17) is 29.6 Å². The van der Waals surface area contributed by atoms with Crippen LogP contribution in [0.4, 0.5) is 0 Å². The van der Waals surface area contributed by atoms with Crippen molar-refractivity contribution in [1.82, 2.24) is 5.43 Å². The van der Waals surface area contributed by atoms with Gasteiger partial charge in [0.2, 0.25) is 0 Å². The zero-order chi connectivity index (χ0) is 16.2. The number of nitrogens with two attached hydrogens (primary N) is 1. The Hall–Kier alpha value is -1.56. The van der Waals surface area contributed by atoms with Crippen molar-refractivity contribution in [2.24, 2.45) is 16.8 Å². The van der Waals surface area contributed by atoms with Gasteiger partial charge in [0.05, 0.1) is 5.71 Å². The number of hydrogen-bond acceptors (Lipinski definition) is 3. The molecule has 1 atom stereocenters. The second-order valence-corrected chi connectivity index (χ2v) is 7.25. The third-order valence-corrected chi connectivity index (χ3v) is 5.22. The van der Waals surface area contributed by atoms with Gasteiger partial charge in [-0.25, -0.2) is 0 Å². The standard InChI is InChI=1S/C17H16ClN3S2/c18-13-6-7-15-14(9-13)16(20-21-17(19)22)12(10-23-15)8-11-4-2-1-3-5-11/h1-7,9,12H,8,10H2,(H3,19,21,22). The Kier molecular flexibility index (Phi) is 5.20. The molecule has 0 aliphatic carbocycles. The van der Waals surface area contributed by atoms with Gasteiger partial charge < -0.3 is 5.73 Å². The number of hydrogen-bond donors (Lipinski definition) is 2. The van der Waals surface area contributed by atoms with Crippen molar-refractivity contribution in [3.8, 4) is 0 Å². The molecule has 1 aliphatic heterocycles. The number of nitrogens with zero attached hydrogens (tertiary/aromatic N) is 1. The van der Waals surface area contributed by atoms with Crippen LogP contribution in [0.1, 0.15) is 11.1 Å². The molecule has 23 heavy (non-hydrogen) atoms.